The van der Waals surface area contributed by atoms with Crippen molar-refractivity contribution in [1.82, 2.24) is 0 Å². The summed E-state index contributed by atoms with van der Waals surface area (Å²) in [6.45, 7) is 3.43. The second-order valence-corrected chi connectivity index (χ2v) is 3.94. The molecule has 0 bridgehead atoms. The molecule has 0 unspecified atom stereocenters. The van der Waals surface area contributed by atoms with Crippen LogP contribution in [0.5, 0.6) is 17.2 Å². The van der Waals surface area contributed by atoms with Gasteiger partial charge in [0.2, 0.25) is 5.75 Å². The molecule has 3 N–H and O–H groups in total. The largest absolute Gasteiger partial charge is 0.504 e. The second kappa shape index (κ2) is 6.49. The van der Waals surface area contributed by atoms with Crippen molar-refractivity contribution >= 4 is 12.0 Å². The van der Waals surface area contributed by atoms with E-state index >= 15 is 0 Å². The Hall–Kier alpha value is -2.43. The van der Waals surface area contributed by atoms with E-state index in [0.29, 0.717) is 18.4 Å². The lowest BCUT2D eigenvalue weighted by Crippen LogP contribution is -1.97. The molecule has 0 aromatic heterocycles. The summed E-state index contributed by atoms with van der Waals surface area (Å²) in [7, 11) is 1.39. The lowest BCUT2D eigenvalue weighted by molar-refractivity contribution is -0.132. The standard InChI is InChI=1S/C14H16O5/c1-9(14(17)18)5-3-4-6-10-7-11(15)13(16)12(8-10)19-2/h4,6-8,15-16H,1,3,5H2,2H3,(H,17,18). The first-order chi connectivity index (χ1) is 8.95. The third-order valence-corrected chi connectivity index (χ3v) is 2.52. The molecule has 0 saturated heterocycles. The van der Waals surface area contributed by atoms with Gasteiger partial charge in [-0.25, -0.2) is 4.79 Å². The molecule has 0 atom stereocenters. The number of phenolic OH excluding ortho intramolecular Hbond substituents is 2. The number of benzene rings is 1. The van der Waals surface area contributed by atoms with Gasteiger partial charge in [0.1, 0.15) is 0 Å². The topological polar surface area (TPSA) is 87.0 Å². The number of phenols is 2. The SMILES string of the molecule is C=C(CCC=Cc1cc(O)c(O)c(OC)c1)C(=O)O. The van der Waals surface area contributed by atoms with Gasteiger partial charge in [-0.2, -0.15) is 0 Å². The summed E-state index contributed by atoms with van der Waals surface area (Å²) in [4.78, 5) is 10.5. The molecule has 1 aromatic carbocycles. The summed E-state index contributed by atoms with van der Waals surface area (Å²) in [5, 5.41) is 27.6. The number of allylic oxidation sites excluding steroid dienone is 1. The van der Waals surface area contributed by atoms with E-state index < -0.39 is 5.97 Å². The van der Waals surface area contributed by atoms with Crippen LogP contribution in [0.2, 0.25) is 0 Å². The van der Waals surface area contributed by atoms with Crippen LogP contribution in [0.1, 0.15) is 18.4 Å². The molecule has 0 radical (unpaired) electrons. The van der Waals surface area contributed by atoms with Crippen LogP contribution in [0.4, 0.5) is 0 Å². The van der Waals surface area contributed by atoms with Gasteiger partial charge < -0.3 is 20.1 Å². The zero-order valence-electron chi connectivity index (χ0n) is 10.6. The van der Waals surface area contributed by atoms with E-state index in [0.717, 1.165) is 0 Å². The highest BCUT2D eigenvalue weighted by atomic mass is 16.5. The second-order valence-electron chi connectivity index (χ2n) is 3.94. The summed E-state index contributed by atoms with van der Waals surface area (Å²) in [5.74, 6) is -1.40. The van der Waals surface area contributed by atoms with Crippen LogP contribution in [0.25, 0.3) is 6.08 Å². The number of aromatic hydroxyl groups is 2. The summed E-state index contributed by atoms with van der Waals surface area (Å²) in [6.07, 6.45) is 4.35. The van der Waals surface area contributed by atoms with Gasteiger partial charge in [-0.15, -0.1) is 0 Å². The predicted octanol–water partition coefficient (Wildman–Crippen LogP) is 2.54. The van der Waals surface area contributed by atoms with Crippen LogP contribution in [0.15, 0.2) is 30.4 Å². The molecule has 0 aliphatic heterocycles. The van der Waals surface area contributed by atoms with E-state index in [4.69, 9.17) is 9.84 Å². The molecule has 0 amide bonds. The monoisotopic (exact) mass is 264 g/mol. The number of ether oxygens (including phenoxy) is 1. The highest BCUT2D eigenvalue weighted by Crippen LogP contribution is 2.36. The van der Waals surface area contributed by atoms with Gasteiger partial charge in [-0.3, -0.25) is 0 Å². The van der Waals surface area contributed by atoms with Crippen LogP contribution in [0, 0.1) is 0 Å². The number of carbonyl (C=O) groups is 1. The molecule has 5 heteroatoms. The molecule has 5 nitrogen and oxygen atoms in total. The van der Waals surface area contributed by atoms with E-state index in [1.165, 1.54) is 13.2 Å². The molecule has 0 heterocycles. The van der Waals surface area contributed by atoms with E-state index in [2.05, 4.69) is 6.58 Å². The van der Waals surface area contributed by atoms with E-state index in [1.54, 1.807) is 18.2 Å². The summed E-state index contributed by atoms with van der Waals surface area (Å²) in [6, 6.07) is 2.96. The van der Waals surface area contributed by atoms with Crippen LogP contribution in [-0.2, 0) is 4.79 Å². The van der Waals surface area contributed by atoms with Crippen LogP contribution < -0.4 is 4.74 Å². The Balaban J connectivity index is 2.70. The average molecular weight is 264 g/mol. The van der Waals surface area contributed by atoms with E-state index in [-0.39, 0.29) is 22.8 Å². The summed E-state index contributed by atoms with van der Waals surface area (Å²) in [5.41, 5.74) is 0.795. The van der Waals surface area contributed by atoms with Crippen molar-refractivity contribution in [3.05, 3.63) is 35.9 Å². The van der Waals surface area contributed by atoms with E-state index in [1.807, 2.05) is 0 Å². The third kappa shape index (κ3) is 4.06. The van der Waals surface area contributed by atoms with Gasteiger partial charge in [0, 0.05) is 5.57 Å². The number of carboxylic acids is 1. The Morgan fingerprint density at radius 1 is 1.42 bits per heavy atom. The molecule has 1 rings (SSSR count). The van der Waals surface area contributed by atoms with Crippen molar-refractivity contribution in [3.8, 4) is 17.2 Å². The number of rotatable bonds is 6. The fraction of sp³-hybridized carbons (Fsp3) is 0.214. The van der Waals surface area contributed by atoms with Gasteiger partial charge in [0.25, 0.3) is 0 Å². The number of carboxylic acid groups (broad SMARTS) is 1. The average Bonchev–Trinajstić information content (AvgIpc) is 2.37. The molecule has 102 valence electrons. The van der Waals surface area contributed by atoms with Crippen molar-refractivity contribution in [2.24, 2.45) is 0 Å². The van der Waals surface area contributed by atoms with Crippen LogP contribution in [0.3, 0.4) is 0 Å². The van der Waals surface area contributed by atoms with Gasteiger partial charge in [0.15, 0.2) is 11.5 Å². The highest BCUT2D eigenvalue weighted by Gasteiger charge is 2.08. The molecule has 19 heavy (non-hydrogen) atoms. The first-order valence-electron chi connectivity index (χ1n) is 5.63. The molecular formula is C14H16O5. The number of hydrogen-bond donors (Lipinski definition) is 3. The van der Waals surface area contributed by atoms with Gasteiger partial charge >= 0.3 is 5.97 Å². The number of aliphatic carboxylic acids is 1. The zero-order chi connectivity index (χ0) is 14.4. The van der Waals surface area contributed by atoms with Gasteiger partial charge in [-0.05, 0) is 30.5 Å². The summed E-state index contributed by atoms with van der Waals surface area (Å²) < 4.78 is 4.91. The Kier molecular flexibility index (Phi) is 5.00. The normalized spacial score (nSPS) is 10.6. The maximum absolute atomic E-state index is 10.5. The Bertz CT molecular complexity index is 517. The smallest absolute Gasteiger partial charge is 0.330 e. The van der Waals surface area contributed by atoms with E-state index in [9.17, 15) is 15.0 Å². The molecule has 0 saturated carbocycles. The third-order valence-electron chi connectivity index (χ3n) is 2.52. The maximum Gasteiger partial charge on any atom is 0.330 e. The minimum Gasteiger partial charge on any atom is -0.504 e. The minimum atomic E-state index is -1.00. The number of hydrogen-bond acceptors (Lipinski definition) is 4. The molecule has 0 fully saturated rings. The molecular weight excluding hydrogens is 248 g/mol. The maximum atomic E-state index is 10.5. The fourth-order valence-corrected chi connectivity index (χ4v) is 1.45. The summed E-state index contributed by atoms with van der Waals surface area (Å²) >= 11 is 0. The molecule has 0 aliphatic carbocycles. The van der Waals surface area contributed by atoms with Crippen molar-refractivity contribution < 1.29 is 24.9 Å². The highest BCUT2D eigenvalue weighted by molar-refractivity contribution is 5.85. The first-order valence-corrected chi connectivity index (χ1v) is 5.63. The van der Waals surface area contributed by atoms with Crippen LogP contribution in [-0.4, -0.2) is 28.4 Å². The lowest BCUT2D eigenvalue weighted by Gasteiger charge is -2.06. The molecule has 1 aromatic rings. The van der Waals surface area contributed by atoms with Gasteiger partial charge in [-0.1, -0.05) is 18.7 Å². The Morgan fingerprint density at radius 2 is 2.11 bits per heavy atom. The Labute approximate surface area is 111 Å². The first kappa shape index (κ1) is 14.6. The molecule has 0 aliphatic rings. The van der Waals surface area contributed by atoms with Crippen molar-refractivity contribution in [2.45, 2.75) is 12.8 Å². The molecule has 0 spiro atoms. The van der Waals surface area contributed by atoms with Gasteiger partial charge in [0.05, 0.1) is 7.11 Å². The van der Waals surface area contributed by atoms with Crippen molar-refractivity contribution in [3.63, 3.8) is 0 Å². The number of methoxy groups -OCH3 is 1. The van der Waals surface area contributed by atoms with Crippen molar-refractivity contribution in [1.29, 1.82) is 0 Å². The minimum absolute atomic E-state index is 0.149. The lowest BCUT2D eigenvalue weighted by atomic mass is 10.1. The predicted molar refractivity (Wildman–Crippen MR) is 71.4 cm³/mol. The van der Waals surface area contributed by atoms with Crippen molar-refractivity contribution in [2.75, 3.05) is 7.11 Å². The fourth-order valence-electron chi connectivity index (χ4n) is 1.45. The quantitative estimate of drug-likeness (QED) is 0.543. The Morgan fingerprint density at radius 3 is 2.68 bits per heavy atom. The van der Waals surface area contributed by atoms with Crippen LogP contribution >= 0.6 is 0 Å². The zero-order valence-corrected chi connectivity index (χ0v) is 10.6.